The van der Waals surface area contributed by atoms with Gasteiger partial charge in [0.05, 0.1) is 19.8 Å². The van der Waals surface area contributed by atoms with Gasteiger partial charge in [0.1, 0.15) is 0 Å². The van der Waals surface area contributed by atoms with Crippen LogP contribution in [0.15, 0.2) is 48.5 Å². The number of esters is 1. The number of rotatable bonds is 8. The van der Waals surface area contributed by atoms with Gasteiger partial charge in [-0.05, 0) is 36.8 Å². The van der Waals surface area contributed by atoms with Gasteiger partial charge in [0, 0.05) is 13.1 Å². The van der Waals surface area contributed by atoms with Crippen LogP contribution in [0.2, 0.25) is 0 Å². The van der Waals surface area contributed by atoms with Gasteiger partial charge in [0.15, 0.2) is 18.1 Å². The van der Waals surface area contributed by atoms with Crippen LogP contribution in [0.1, 0.15) is 22.8 Å². The van der Waals surface area contributed by atoms with Crippen molar-refractivity contribution in [3.8, 4) is 11.5 Å². The molecule has 6 nitrogen and oxygen atoms in total. The molecule has 0 unspecified atom stereocenters. The fraction of sp³-hybridized carbons (Fsp3) is 0.300. The molecule has 2 aromatic rings. The molecular formula is C20H23NO5. The number of hydrogen-bond acceptors (Lipinski definition) is 5. The Morgan fingerprint density at radius 3 is 2.27 bits per heavy atom. The molecule has 0 N–H and O–H groups in total. The molecule has 0 aromatic heterocycles. The molecule has 0 saturated carbocycles. The smallest absolute Gasteiger partial charge is 0.338 e. The minimum atomic E-state index is -0.513. The van der Waals surface area contributed by atoms with Crippen LogP contribution in [0.25, 0.3) is 0 Å². The molecule has 0 radical (unpaired) electrons. The van der Waals surface area contributed by atoms with Crippen molar-refractivity contribution < 1.29 is 23.8 Å². The van der Waals surface area contributed by atoms with E-state index in [1.807, 2.05) is 25.1 Å². The fourth-order valence-corrected chi connectivity index (χ4v) is 2.45. The lowest BCUT2D eigenvalue weighted by Gasteiger charge is -2.21. The maximum absolute atomic E-state index is 12.4. The summed E-state index contributed by atoms with van der Waals surface area (Å²) in [5.41, 5.74) is 1.32. The Hall–Kier alpha value is -3.02. The van der Waals surface area contributed by atoms with Crippen LogP contribution >= 0.6 is 0 Å². The molecule has 0 bridgehead atoms. The van der Waals surface area contributed by atoms with Crippen molar-refractivity contribution in [3.63, 3.8) is 0 Å². The Balaban J connectivity index is 1.97. The van der Waals surface area contributed by atoms with E-state index < -0.39 is 5.97 Å². The third-order valence-electron chi connectivity index (χ3n) is 3.89. The molecule has 0 aliphatic heterocycles. The highest BCUT2D eigenvalue weighted by Crippen LogP contribution is 2.28. The summed E-state index contributed by atoms with van der Waals surface area (Å²) < 4.78 is 15.6. The van der Waals surface area contributed by atoms with Gasteiger partial charge in [0.2, 0.25) is 0 Å². The van der Waals surface area contributed by atoms with Gasteiger partial charge in [-0.25, -0.2) is 4.79 Å². The van der Waals surface area contributed by atoms with E-state index in [2.05, 4.69) is 0 Å². The van der Waals surface area contributed by atoms with E-state index in [0.29, 0.717) is 30.2 Å². The van der Waals surface area contributed by atoms with Crippen LogP contribution in [-0.2, 0) is 16.1 Å². The summed E-state index contributed by atoms with van der Waals surface area (Å²) in [6, 6.07) is 14.1. The van der Waals surface area contributed by atoms with Crippen LogP contribution < -0.4 is 9.47 Å². The second kappa shape index (κ2) is 9.46. The van der Waals surface area contributed by atoms with Gasteiger partial charge in [-0.3, -0.25) is 4.79 Å². The first kappa shape index (κ1) is 19.3. The summed E-state index contributed by atoms with van der Waals surface area (Å²) in [5.74, 6) is 0.458. The SMILES string of the molecule is CCN(Cc1ccc(OC)c(OC)c1)C(=O)COC(=O)c1ccccc1. The molecule has 138 valence electrons. The van der Waals surface area contributed by atoms with Crippen LogP contribution in [0.3, 0.4) is 0 Å². The lowest BCUT2D eigenvalue weighted by Crippen LogP contribution is -2.34. The van der Waals surface area contributed by atoms with E-state index in [0.717, 1.165) is 5.56 Å². The minimum Gasteiger partial charge on any atom is -0.493 e. The van der Waals surface area contributed by atoms with Crippen molar-refractivity contribution >= 4 is 11.9 Å². The first-order chi connectivity index (χ1) is 12.6. The number of carbonyl (C=O) groups excluding carboxylic acids is 2. The average Bonchev–Trinajstić information content (AvgIpc) is 2.70. The second-order valence-electron chi connectivity index (χ2n) is 5.54. The van der Waals surface area contributed by atoms with Crippen molar-refractivity contribution in [1.29, 1.82) is 0 Å². The molecule has 2 rings (SSSR count). The third kappa shape index (κ3) is 4.99. The lowest BCUT2D eigenvalue weighted by atomic mass is 10.2. The number of likely N-dealkylation sites (N-methyl/N-ethyl adjacent to an activating group) is 1. The minimum absolute atomic E-state index is 0.258. The Bertz CT molecular complexity index is 745. The van der Waals surface area contributed by atoms with Crippen molar-refractivity contribution in [2.24, 2.45) is 0 Å². The van der Waals surface area contributed by atoms with Gasteiger partial charge in [-0.1, -0.05) is 24.3 Å². The number of benzene rings is 2. The van der Waals surface area contributed by atoms with Crippen molar-refractivity contribution in [3.05, 3.63) is 59.7 Å². The Morgan fingerprint density at radius 1 is 0.962 bits per heavy atom. The largest absolute Gasteiger partial charge is 0.493 e. The van der Waals surface area contributed by atoms with Crippen LogP contribution in [-0.4, -0.2) is 44.1 Å². The fourth-order valence-electron chi connectivity index (χ4n) is 2.45. The standard InChI is InChI=1S/C20H23NO5/c1-4-21(13-15-10-11-17(24-2)18(12-15)25-3)19(22)14-26-20(23)16-8-6-5-7-9-16/h5-12H,4,13-14H2,1-3H3. The Labute approximate surface area is 153 Å². The van der Waals surface area contributed by atoms with Gasteiger partial charge in [-0.15, -0.1) is 0 Å². The molecule has 0 spiro atoms. The quantitative estimate of drug-likeness (QED) is 0.680. The van der Waals surface area contributed by atoms with Crippen LogP contribution in [0.5, 0.6) is 11.5 Å². The van der Waals surface area contributed by atoms with Crippen molar-refractivity contribution in [2.45, 2.75) is 13.5 Å². The summed E-state index contributed by atoms with van der Waals surface area (Å²) >= 11 is 0. The van der Waals surface area contributed by atoms with Crippen LogP contribution in [0.4, 0.5) is 0 Å². The van der Waals surface area contributed by atoms with Crippen molar-refractivity contribution in [1.82, 2.24) is 4.90 Å². The zero-order valence-corrected chi connectivity index (χ0v) is 15.2. The van der Waals surface area contributed by atoms with Crippen LogP contribution in [0, 0.1) is 0 Å². The van der Waals surface area contributed by atoms with Gasteiger partial charge < -0.3 is 19.1 Å². The topological polar surface area (TPSA) is 65.1 Å². The highest BCUT2D eigenvalue weighted by Gasteiger charge is 2.16. The van der Waals surface area contributed by atoms with Gasteiger partial charge in [0.25, 0.3) is 5.91 Å². The molecule has 0 heterocycles. The average molecular weight is 357 g/mol. The molecule has 0 aliphatic carbocycles. The molecule has 6 heteroatoms. The van der Waals surface area contributed by atoms with E-state index in [9.17, 15) is 9.59 Å². The molecule has 0 saturated heterocycles. The molecule has 2 aromatic carbocycles. The second-order valence-corrected chi connectivity index (χ2v) is 5.54. The molecule has 0 aliphatic rings. The van der Waals surface area contributed by atoms with E-state index in [1.54, 1.807) is 49.5 Å². The van der Waals surface area contributed by atoms with E-state index in [-0.39, 0.29) is 12.5 Å². The highest BCUT2D eigenvalue weighted by atomic mass is 16.5. The number of amides is 1. The lowest BCUT2D eigenvalue weighted by molar-refractivity contribution is -0.134. The summed E-state index contributed by atoms with van der Waals surface area (Å²) in [7, 11) is 3.13. The zero-order valence-electron chi connectivity index (χ0n) is 15.2. The summed E-state index contributed by atoms with van der Waals surface area (Å²) in [6.07, 6.45) is 0. The number of methoxy groups -OCH3 is 2. The zero-order chi connectivity index (χ0) is 18.9. The molecule has 1 amide bonds. The maximum atomic E-state index is 12.4. The van der Waals surface area contributed by atoms with Gasteiger partial charge >= 0.3 is 5.97 Å². The molecular weight excluding hydrogens is 334 g/mol. The normalized spacial score (nSPS) is 10.1. The highest BCUT2D eigenvalue weighted by molar-refractivity contribution is 5.91. The molecule has 0 fully saturated rings. The summed E-state index contributed by atoms with van der Waals surface area (Å²) in [4.78, 5) is 25.9. The summed E-state index contributed by atoms with van der Waals surface area (Å²) in [6.45, 7) is 2.46. The first-order valence-electron chi connectivity index (χ1n) is 8.29. The van der Waals surface area contributed by atoms with E-state index >= 15 is 0 Å². The number of nitrogens with zero attached hydrogens (tertiary/aromatic N) is 1. The predicted molar refractivity (Wildman–Crippen MR) is 97.4 cm³/mol. The molecule has 26 heavy (non-hydrogen) atoms. The first-order valence-corrected chi connectivity index (χ1v) is 8.29. The maximum Gasteiger partial charge on any atom is 0.338 e. The number of ether oxygens (including phenoxy) is 3. The number of carbonyl (C=O) groups is 2. The van der Waals surface area contributed by atoms with Gasteiger partial charge in [-0.2, -0.15) is 0 Å². The Kier molecular flexibility index (Phi) is 7.02. The Morgan fingerprint density at radius 2 is 1.65 bits per heavy atom. The monoisotopic (exact) mass is 357 g/mol. The van der Waals surface area contributed by atoms with E-state index in [1.165, 1.54) is 0 Å². The van der Waals surface area contributed by atoms with Crippen molar-refractivity contribution in [2.75, 3.05) is 27.4 Å². The third-order valence-corrected chi connectivity index (χ3v) is 3.89. The number of hydrogen-bond donors (Lipinski definition) is 0. The predicted octanol–water partition coefficient (Wildman–Crippen LogP) is 2.91. The molecule has 0 atom stereocenters. The summed E-state index contributed by atoms with van der Waals surface area (Å²) in [5, 5.41) is 0. The van der Waals surface area contributed by atoms with E-state index in [4.69, 9.17) is 14.2 Å².